The molecule has 0 unspecified atom stereocenters. The topological polar surface area (TPSA) is 101 Å². The smallest absolute Gasteiger partial charge is 0.337 e. The Morgan fingerprint density at radius 2 is 1.97 bits per heavy atom. The number of carbonyl (C=O) groups is 2. The van der Waals surface area contributed by atoms with Crippen LogP contribution in [-0.2, 0) is 0 Å². The summed E-state index contributed by atoms with van der Waals surface area (Å²) in [6.45, 7) is 0. The number of carbonyl (C=O) groups excluding carboxylic acids is 1. The van der Waals surface area contributed by atoms with Crippen molar-refractivity contribution in [3.8, 4) is 17.1 Å². The van der Waals surface area contributed by atoms with Gasteiger partial charge in [0, 0.05) is 10.0 Å². The van der Waals surface area contributed by atoms with E-state index in [0.717, 1.165) is 4.47 Å². The predicted molar refractivity (Wildman–Crippen MR) is 112 cm³/mol. The summed E-state index contributed by atoms with van der Waals surface area (Å²) in [5.41, 5.74) is 3.25. The lowest BCUT2D eigenvalue weighted by molar-refractivity contribution is 0.0697. The Kier molecular flexibility index (Phi) is 6.36. The number of ether oxygens (including phenoxy) is 1. The number of halogens is 2. The SMILES string of the molecule is COc1ccc(Br)cc1C(=O)N/N=C\c1ccc(-c2ccc(Cl)c(C(=O)O)c2)o1. The average Bonchev–Trinajstić information content (AvgIpc) is 3.17. The number of hydrogen-bond donors (Lipinski definition) is 2. The fraction of sp³-hybridized carbons (Fsp3) is 0.0500. The number of rotatable bonds is 6. The van der Waals surface area contributed by atoms with Gasteiger partial charge in [-0.3, -0.25) is 4.79 Å². The number of benzene rings is 2. The molecule has 0 atom stereocenters. The summed E-state index contributed by atoms with van der Waals surface area (Å²) in [6.07, 6.45) is 1.33. The second kappa shape index (κ2) is 8.93. The first kappa shape index (κ1) is 20.6. The number of nitrogens with one attached hydrogen (secondary N) is 1. The molecule has 9 heteroatoms. The lowest BCUT2D eigenvalue weighted by atomic mass is 10.1. The molecule has 148 valence electrons. The summed E-state index contributed by atoms with van der Waals surface area (Å²) in [5, 5.41) is 13.2. The highest BCUT2D eigenvalue weighted by atomic mass is 79.9. The molecule has 0 spiro atoms. The van der Waals surface area contributed by atoms with Crippen LogP contribution < -0.4 is 10.2 Å². The minimum Gasteiger partial charge on any atom is -0.496 e. The van der Waals surface area contributed by atoms with Crippen molar-refractivity contribution in [3.63, 3.8) is 0 Å². The maximum Gasteiger partial charge on any atom is 0.337 e. The van der Waals surface area contributed by atoms with E-state index in [0.29, 0.717) is 28.4 Å². The van der Waals surface area contributed by atoms with Crippen LogP contribution >= 0.6 is 27.5 Å². The lowest BCUT2D eigenvalue weighted by Gasteiger charge is -2.07. The van der Waals surface area contributed by atoms with E-state index in [1.54, 1.807) is 36.4 Å². The van der Waals surface area contributed by atoms with Gasteiger partial charge < -0.3 is 14.3 Å². The number of hydrogen-bond acceptors (Lipinski definition) is 5. The van der Waals surface area contributed by atoms with Crippen LogP contribution in [0, 0.1) is 0 Å². The van der Waals surface area contributed by atoms with Gasteiger partial charge in [-0.1, -0.05) is 27.5 Å². The molecule has 1 amide bonds. The van der Waals surface area contributed by atoms with E-state index < -0.39 is 11.9 Å². The number of hydrazone groups is 1. The molecule has 2 aromatic carbocycles. The zero-order chi connectivity index (χ0) is 21.0. The summed E-state index contributed by atoms with van der Waals surface area (Å²) in [6, 6.07) is 12.9. The Labute approximate surface area is 179 Å². The number of nitrogens with zero attached hydrogens (tertiary/aromatic N) is 1. The highest BCUT2D eigenvalue weighted by Gasteiger charge is 2.13. The zero-order valence-electron chi connectivity index (χ0n) is 15.0. The van der Waals surface area contributed by atoms with Gasteiger partial charge in [0.2, 0.25) is 0 Å². The van der Waals surface area contributed by atoms with E-state index in [-0.39, 0.29) is 10.6 Å². The van der Waals surface area contributed by atoms with Gasteiger partial charge in [0.1, 0.15) is 17.3 Å². The molecule has 0 bridgehead atoms. The molecule has 29 heavy (non-hydrogen) atoms. The molecule has 0 aliphatic heterocycles. The molecule has 2 N–H and O–H groups in total. The van der Waals surface area contributed by atoms with Gasteiger partial charge in [0.25, 0.3) is 5.91 Å². The van der Waals surface area contributed by atoms with Crippen LogP contribution in [0.1, 0.15) is 26.5 Å². The van der Waals surface area contributed by atoms with Gasteiger partial charge >= 0.3 is 5.97 Å². The molecule has 7 nitrogen and oxygen atoms in total. The average molecular weight is 478 g/mol. The fourth-order valence-electron chi connectivity index (χ4n) is 2.49. The van der Waals surface area contributed by atoms with Crippen LogP contribution in [-0.4, -0.2) is 30.3 Å². The number of furan rings is 1. The number of amides is 1. The Hall–Kier alpha value is -3.10. The van der Waals surface area contributed by atoms with E-state index in [1.165, 1.54) is 25.5 Å². The molecule has 3 rings (SSSR count). The zero-order valence-corrected chi connectivity index (χ0v) is 17.3. The van der Waals surface area contributed by atoms with Crippen LogP contribution in [0.2, 0.25) is 5.02 Å². The molecular formula is C20H14BrClN2O5. The highest BCUT2D eigenvalue weighted by Crippen LogP contribution is 2.27. The Bertz CT molecular complexity index is 1110. The number of carboxylic acids is 1. The van der Waals surface area contributed by atoms with Gasteiger partial charge in [-0.25, -0.2) is 10.2 Å². The normalized spacial score (nSPS) is 10.9. The van der Waals surface area contributed by atoms with Crippen LogP contribution in [0.25, 0.3) is 11.3 Å². The summed E-state index contributed by atoms with van der Waals surface area (Å²) in [7, 11) is 1.47. The molecule has 1 heterocycles. The van der Waals surface area contributed by atoms with E-state index >= 15 is 0 Å². The van der Waals surface area contributed by atoms with Gasteiger partial charge in [0.05, 0.1) is 29.5 Å². The van der Waals surface area contributed by atoms with Crippen molar-refractivity contribution in [3.05, 3.63) is 74.9 Å². The molecule has 0 saturated heterocycles. The molecule has 0 fully saturated rings. The monoisotopic (exact) mass is 476 g/mol. The largest absolute Gasteiger partial charge is 0.496 e. The maximum atomic E-state index is 12.3. The van der Waals surface area contributed by atoms with E-state index in [2.05, 4.69) is 26.5 Å². The Balaban J connectivity index is 1.73. The minimum absolute atomic E-state index is 0.0222. The summed E-state index contributed by atoms with van der Waals surface area (Å²) >= 11 is 9.19. The van der Waals surface area contributed by atoms with Crippen molar-refractivity contribution in [2.45, 2.75) is 0 Å². The summed E-state index contributed by atoms with van der Waals surface area (Å²) in [4.78, 5) is 23.5. The van der Waals surface area contributed by atoms with Crippen LogP contribution in [0.3, 0.4) is 0 Å². The second-order valence-electron chi connectivity index (χ2n) is 5.75. The molecule has 0 aliphatic carbocycles. The highest BCUT2D eigenvalue weighted by molar-refractivity contribution is 9.10. The summed E-state index contributed by atoms with van der Waals surface area (Å²) < 4.78 is 11.5. The lowest BCUT2D eigenvalue weighted by Crippen LogP contribution is -2.18. The fourth-order valence-corrected chi connectivity index (χ4v) is 3.05. The van der Waals surface area contributed by atoms with E-state index in [4.69, 9.17) is 20.8 Å². The predicted octanol–water partition coefficient (Wildman–Crippen LogP) is 4.83. The van der Waals surface area contributed by atoms with Gasteiger partial charge in [-0.2, -0.15) is 5.10 Å². The third-order valence-electron chi connectivity index (χ3n) is 3.87. The van der Waals surface area contributed by atoms with Gasteiger partial charge in [0.15, 0.2) is 0 Å². The van der Waals surface area contributed by atoms with Gasteiger partial charge in [-0.15, -0.1) is 0 Å². The Morgan fingerprint density at radius 3 is 2.69 bits per heavy atom. The van der Waals surface area contributed by atoms with Crippen molar-refractivity contribution in [2.75, 3.05) is 7.11 Å². The van der Waals surface area contributed by atoms with Crippen molar-refractivity contribution in [1.82, 2.24) is 5.43 Å². The summed E-state index contributed by atoms with van der Waals surface area (Å²) in [5.74, 6) is -0.358. The van der Waals surface area contributed by atoms with Crippen molar-refractivity contribution in [2.24, 2.45) is 5.10 Å². The first-order chi connectivity index (χ1) is 13.9. The first-order valence-corrected chi connectivity index (χ1v) is 9.36. The number of aromatic carboxylic acids is 1. The standard InChI is InChI=1S/C20H14BrClN2O5/c1-28-18-6-3-12(21)9-15(18)19(25)24-23-10-13-4-7-17(29-13)11-2-5-16(22)14(8-11)20(26)27/h2-10H,1H3,(H,24,25)(H,26,27)/b23-10-. The first-order valence-electron chi connectivity index (χ1n) is 8.19. The van der Waals surface area contributed by atoms with Crippen molar-refractivity contribution in [1.29, 1.82) is 0 Å². The molecule has 0 radical (unpaired) electrons. The van der Waals surface area contributed by atoms with Crippen LogP contribution in [0.5, 0.6) is 5.75 Å². The van der Waals surface area contributed by atoms with Crippen molar-refractivity contribution < 1.29 is 23.8 Å². The third-order valence-corrected chi connectivity index (χ3v) is 4.69. The second-order valence-corrected chi connectivity index (χ2v) is 7.07. The van der Waals surface area contributed by atoms with Crippen LogP contribution in [0.15, 0.2) is 62.5 Å². The molecule has 0 aliphatic rings. The Morgan fingerprint density at radius 1 is 1.17 bits per heavy atom. The molecular weight excluding hydrogens is 464 g/mol. The quantitative estimate of drug-likeness (QED) is 0.391. The number of carboxylic acid groups (broad SMARTS) is 1. The van der Waals surface area contributed by atoms with Gasteiger partial charge in [-0.05, 0) is 48.5 Å². The molecule has 0 saturated carbocycles. The minimum atomic E-state index is -1.13. The number of methoxy groups -OCH3 is 1. The molecule has 3 aromatic rings. The molecule has 1 aromatic heterocycles. The van der Waals surface area contributed by atoms with E-state index in [9.17, 15) is 14.7 Å². The van der Waals surface area contributed by atoms with Crippen molar-refractivity contribution >= 4 is 45.6 Å². The van der Waals surface area contributed by atoms with Crippen LogP contribution in [0.4, 0.5) is 0 Å². The van der Waals surface area contributed by atoms with E-state index in [1.807, 2.05) is 0 Å². The maximum absolute atomic E-state index is 12.3. The third kappa shape index (κ3) is 4.85.